The number of carbonyl (C=O) groups is 1. The predicted molar refractivity (Wildman–Crippen MR) is 170 cm³/mol. The fraction of sp³-hybridized carbons (Fsp3) is 0.207. The standard InChI is InChI=1S/C28H8F4NO.CH4.22H2/c1-3-5-6-7-8-9-10-11-12-13-14-15-16-17-18-19-20-21-22-23-24-33(4-2)25-27(29,30)28(31,32)26(33)34;;;;;;;;;;;;;;;;;;;;;;;/h1H,4,25H2,2H3;1H4;22*1H/q+1;;;;;;;;;;;;;;;;;;;;;;;. The van der Waals surface area contributed by atoms with Crippen molar-refractivity contribution in [3.63, 3.8) is 0 Å². The molecule has 0 aromatic heterocycles. The van der Waals surface area contributed by atoms with Gasteiger partial charge in [0.05, 0.1) is 12.5 Å². The van der Waals surface area contributed by atoms with Gasteiger partial charge in [-0.3, -0.25) is 0 Å². The third-order valence-corrected chi connectivity index (χ3v) is 3.59. The minimum Gasteiger partial charge on any atom is -0.222 e. The molecule has 0 aromatic rings. The van der Waals surface area contributed by atoms with Gasteiger partial charge in [0.2, 0.25) is 0 Å². The summed E-state index contributed by atoms with van der Waals surface area (Å²) in [5.41, 5.74) is 0. The molecule has 1 fully saturated rings. The molecule has 2 nitrogen and oxygen atoms in total. The average Bonchev–Trinajstić information content (AvgIpc) is 2.94. The van der Waals surface area contributed by atoms with Crippen molar-refractivity contribution in [1.82, 2.24) is 0 Å². The van der Waals surface area contributed by atoms with E-state index in [1.54, 1.807) is 0 Å². The van der Waals surface area contributed by atoms with Crippen LogP contribution in [0.1, 0.15) is 45.7 Å². The Morgan fingerprint density at radius 1 is 0.714 bits per heavy atom. The molecular weight excluding hydrogens is 454 g/mol. The maximum absolute atomic E-state index is 13.5. The molecule has 1 aliphatic heterocycles. The molecule has 1 rings (SSSR count). The zero-order valence-electron chi connectivity index (χ0n) is 17.4. The number of amides is 1. The molecule has 1 aliphatic rings. The Balaban J connectivity index is -0.0000000239. The number of likely N-dealkylation sites (tertiary alicyclic amines) is 1. The van der Waals surface area contributed by atoms with Crippen molar-refractivity contribution in [2.45, 2.75) is 26.2 Å². The monoisotopic (exact) mass is 510 g/mol. The minimum atomic E-state index is -4.78. The van der Waals surface area contributed by atoms with Crippen LogP contribution in [0.5, 0.6) is 0 Å². The normalized spacial score (nSPS) is 15.9. The van der Waals surface area contributed by atoms with Crippen molar-refractivity contribution in [2.24, 2.45) is 0 Å². The fourth-order valence-electron chi connectivity index (χ4n) is 2.06. The summed E-state index contributed by atoms with van der Waals surface area (Å²) in [4.78, 5) is 11.7. The molecule has 0 radical (unpaired) electrons. The Morgan fingerprint density at radius 2 is 1.03 bits per heavy atom. The van der Waals surface area contributed by atoms with E-state index in [2.05, 4.69) is 124 Å². The lowest BCUT2D eigenvalue weighted by atomic mass is 10.2. The van der Waals surface area contributed by atoms with Gasteiger partial charge in [-0.1, -0.05) is 7.43 Å². The first-order valence-electron chi connectivity index (χ1n) is 8.89. The quantitative estimate of drug-likeness (QED) is 0.205. The highest BCUT2D eigenvalue weighted by Gasteiger charge is 2.78. The molecule has 0 aromatic carbocycles. The summed E-state index contributed by atoms with van der Waals surface area (Å²) in [6, 6.07) is 2.09. The lowest BCUT2D eigenvalue weighted by Crippen LogP contribution is -2.48. The Morgan fingerprint density at radius 3 is 1.29 bits per heavy atom. The third kappa shape index (κ3) is 8.88. The number of hydrogen-bond acceptors (Lipinski definition) is 1. The minimum absolute atomic E-state index is 0. The topological polar surface area (TPSA) is 17.1 Å². The van der Waals surface area contributed by atoms with Crippen LogP contribution in [0.25, 0.3) is 0 Å². The van der Waals surface area contributed by atoms with E-state index in [9.17, 15) is 22.4 Å². The van der Waals surface area contributed by atoms with E-state index in [0.29, 0.717) is 0 Å². The van der Waals surface area contributed by atoms with Crippen LogP contribution < -0.4 is 0 Å². The maximum atomic E-state index is 13.5. The predicted octanol–water partition coefficient (Wildman–Crippen LogP) is 7.31. The molecule has 210 valence electrons. The lowest BCUT2D eigenvalue weighted by molar-refractivity contribution is -0.782. The maximum Gasteiger partial charge on any atom is 0.428 e. The lowest BCUT2D eigenvalue weighted by Gasteiger charge is -2.19. The molecule has 6 heteroatoms. The number of carbonyl (C=O) groups excluding carboxylic acids is 1. The average molecular weight is 511 g/mol. The summed E-state index contributed by atoms with van der Waals surface area (Å²) in [5.74, 6) is 35.5. The fourth-order valence-corrected chi connectivity index (χ4v) is 2.06. The molecule has 1 heterocycles. The summed E-state index contributed by atoms with van der Waals surface area (Å²) in [5, 5.41) is 0. The van der Waals surface area contributed by atoms with Gasteiger partial charge in [-0.15, -0.1) is 6.42 Å². The van der Waals surface area contributed by atoms with E-state index in [0.717, 1.165) is 0 Å². The van der Waals surface area contributed by atoms with Crippen LogP contribution in [0.15, 0.2) is 0 Å². The molecule has 1 amide bonds. The summed E-state index contributed by atoms with van der Waals surface area (Å²) in [6.45, 7) is -0.468. The number of alkyl halides is 4. The van der Waals surface area contributed by atoms with Crippen LogP contribution in [0.4, 0.5) is 17.6 Å². The van der Waals surface area contributed by atoms with Gasteiger partial charge in [0.15, 0.2) is 12.6 Å². The van der Waals surface area contributed by atoms with Crippen LogP contribution in [-0.2, 0) is 4.79 Å². The number of hydrogen-bond donors (Lipinski definition) is 0. The largest absolute Gasteiger partial charge is 0.428 e. The van der Waals surface area contributed by atoms with Gasteiger partial charge in [-0.2, -0.15) is 22.0 Å². The van der Waals surface area contributed by atoms with Gasteiger partial charge in [-0.05, 0) is 54.3 Å². The van der Waals surface area contributed by atoms with Crippen molar-refractivity contribution >= 4 is 5.91 Å². The molecule has 0 spiro atoms. The van der Waals surface area contributed by atoms with Gasteiger partial charge in [0.25, 0.3) is 0 Å². The second-order valence-electron chi connectivity index (χ2n) is 5.66. The first kappa shape index (κ1) is 29.5. The zero-order valence-corrected chi connectivity index (χ0v) is 17.4. The van der Waals surface area contributed by atoms with Crippen LogP contribution >= 0.6 is 0 Å². The van der Waals surface area contributed by atoms with Crippen molar-refractivity contribution in [2.75, 3.05) is 13.1 Å². The molecule has 0 bridgehead atoms. The van der Waals surface area contributed by atoms with E-state index < -0.39 is 28.8 Å². The Labute approximate surface area is 235 Å². The molecular formula is C29H56F4NO+. The van der Waals surface area contributed by atoms with Crippen molar-refractivity contribution in [3.8, 4) is 131 Å². The van der Waals surface area contributed by atoms with Gasteiger partial charge in [-0.25, -0.2) is 4.79 Å². The van der Waals surface area contributed by atoms with E-state index in [1.165, 1.54) is 6.92 Å². The molecule has 0 N–H and O–H groups in total. The summed E-state index contributed by atoms with van der Waals surface area (Å²) in [7, 11) is 0. The first-order valence-corrected chi connectivity index (χ1v) is 8.89. The van der Waals surface area contributed by atoms with Crippen LogP contribution in [0, 0.1) is 131 Å². The third-order valence-electron chi connectivity index (χ3n) is 3.59. The zero-order chi connectivity index (χ0) is 25.3. The van der Waals surface area contributed by atoms with E-state index >= 15 is 0 Å². The van der Waals surface area contributed by atoms with Crippen LogP contribution in [0.3, 0.4) is 0 Å². The van der Waals surface area contributed by atoms with Crippen molar-refractivity contribution in [3.05, 3.63) is 0 Å². The van der Waals surface area contributed by atoms with Crippen LogP contribution in [0.2, 0.25) is 0 Å². The second kappa shape index (κ2) is 14.5. The molecule has 0 aliphatic carbocycles. The number of nitrogens with zero attached hydrogens (tertiary/aromatic N) is 1. The number of terminal acetylenes is 1. The highest BCUT2D eigenvalue weighted by Crippen LogP contribution is 2.45. The van der Waals surface area contributed by atoms with Crippen LogP contribution in [-0.4, -0.2) is 35.3 Å². The van der Waals surface area contributed by atoms with Gasteiger partial charge < -0.3 is 0 Å². The number of quaternary nitrogens is 1. The van der Waals surface area contributed by atoms with Gasteiger partial charge in [0, 0.05) is 96.5 Å². The van der Waals surface area contributed by atoms with Crippen molar-refractivity contribution in [1.29, 1.82) is 0 Å². The Bertz CT molecular complexity index is 1610. The van der Waals surface area contributed by atoms with Crippen molar-refractivity contribution < 1.29 is 58.2 Å². The highest BCUT2D eigenvalue weighted by molar-refractivity contribution is 5.81. The SMILES string of the molecule is C.C#CC#CC#CC#CC#CC#CC#CC#CC#CC#CC#C[N+]1(CC)CC(F)(F)C(F)(F)C1=O.[HH].[HH].[HH].[HH].[HH].[HH].[HH].[HH].[HH].[HH].[HH].[HH].[HH].[HH].[HH].[HH].[HH].[HH].[HH].[HH].[HH].[HH]. The molecule has 1 atom stereocenters. The molecule has 1 saturated heterocycles. The molecule has 35 heavy (non-hydrogen) atoms. The Hall–Kier alpha value is -5.49. The van der Waals surface area contributed by atoms with E-state index in [-0.39, 0.29) is 45.4 Å². The molecule has 1 unspecified atom stereocenters. The smallest absolute Gasteiger partial charge is 0.222 e. The molecule has 0 saturated carbocycles. The van der Waals surface area contributed by atoms with E-state index in [4.69, 9.17) is 6.42 Å². The first-order chi connectivity index (χ1) is 16.2. The summed E-state index contributed by atoms with van der Waals surface area (Å²) >= 11 is 0. The number of halogens is 4. The van der Waals surface area contributed by atoms with Gasteiger partial charge in [0.1, 0.15) is 0 Å². The number of rotatable bonds is 1. The summed E-state index contributed by atoms with van der Waals surface area (Å²) in [6.07, 6.45) is 4.90. The summed E-state index contributed by atoms with van der Waals surface area (Å²) < 4.78 is 52.4. The second-order valence-corrected chi connectivity index (χ2v) is 5.66. The van der Waals surface area contributed by atoms with Gasteiger partial charge >= 0.3 is 17.8 Å². The Kier molecular flexibility index (Phi) is 12.3. The highest BCUT2D eigenvalue weighted by atomic mass is 19.3. The van der Waals surface area contributed by atoms with E-state index in [1.807, 2.05) is 0 Å².